The number of carbonyl (C=O) groups excluding carboxylic acids is 2. The number of methoxy groups -OCH3 is 1. The number of imidazole rings is 1. The maximum absolute atomic E-state index is 13.0. The number of hydrogen-bond donors (Lipinski definition) is 1. The van der Waals surface area contributed by atoms with Gasteiger partial charge in [-0.15, -0.1) is 0 Å². The Morgan fingerprint density at radius 1 is 1.14 bits per heavy atom. The molecule has 1 N–H and O–H groups in total. The lowest BCUT2D eigenvalue weighted by Gasteiger charge is -2.25. The number of hydrogen-bond acceptors (Lipinski definition) is 5. The van der Waals surface area contributed by atoms with Crippen molar-refractivity contribution in [3.8, 4) is 0 Å². The largest absolute Gasteiger partial charge is 0.505 e. The molecule has 1 atom stereocenters. The van der Waals surface area contributed by atoms with Gasteiger partial charge < -0.3 is 14.7 Å². The highest BCUT2D eigenvalue weighted by Gasteiger charge is 2.46. The van der Waals surface area contributed by atoms with E-state index in [1.54, 1.807) is 17.5 Å². The molecule has 1 saturated heterocycles. The third kappa shape index (κ3) is 3.09. The minimum absolute atomic E-state index is 0.0612. The lowest BCUT2D eigenvalue weighted by molar-refractivity contribution is -0.140. The van der Waals surface area contributed by atoms with Gasteiger partial charge in [0.15, 0.2) is 5.76 Å². The molecule has 0 radical (unpaired) electrons. The summed E-state index contributed by atoms with van der Waals surface area (Å²) in [6.45, 7) is 2.29. The molecule has 3 heterocycles. The number of nitrogens with zero attached hydrogens (tertiary/aromatic N) is 3. The zero-order chi connectivity index (χ0) is 20.5. The van der Waals surface area contributed by atoms with Crippen LogP contribution in [0, 0.1) is 6.92 Å². The first kappa shape index (κ1) is 18.9. The molecule has 1 aliphatic rings. The van der Waals surface area contributed by atoms with Gasteiger partial charge in [0.05, 0.1) is 23.9 Å². The second-order valence-corrected chi connectivity index (χ2v) is 6.87. The summed E-state index contributed by atoms with van der Waals surface area (Å²) in [6, 6.07) is 14.0. The van der Waals surface area contributed by atoms with Gasteiger partial charge in [0.25, 0.3) is 11.7 Å². The van der Waals surface area contributed by atoms with Gasteiger partial charge in [-0.1, -0.05) is 36.4 Å². The average molecular weight is 391 g/mol. The molecule has 148 valence electrons. The van der Waals surface area contributed by atoms with Gasteiger partial charge in [0.1, 0.15) is 11.3 Å². The van der Waals surface area contributed by atoms with Gasteiger partial charge in [0.2, 0.25) is 0 Å². The summed E-state index contributed by atoms with van der Waals surface area (Å²) in [5.74, 6) is -1.59. The van der Waals surface area contributed by atoms with E-state index < -0.39 is 17.7 Å². The van der Waals surface area contributed by atoms with Crippen LogP contribution in [0.15, 0.2) is 60.3 Å². The third-order valence-corrected chi connectivity index (χ3v) is 5.12. The van der Waals surface area contributed by atoms with Crippen LogP contribution in [0.1, 0.15) is 23.0 Å². The molecule has 0 spiro atoms. The van der Waals surface area contributed by atoms with Crippen molar-refractivity contribution < 1.29 is 19.4 Å². The highest BCUT2D eigenvalue weighted by molar-refractivity contribution is 6.46. The topological polar surface area (TPSA) is 84.1 Å². The number of aryl methyl sites for hydroxylation is 1. The number of fused-ring (bicyclic) bond motifs is 1. The molecule has 7 heteroatoms. The maximum Gasteiger partial charge on any atom is 0.295 e. The van der Waals surface area contributed by atoms with Gasteiger partial charge in [-0.25, -0.2) is 4.98 Å². The predicted octanol–water partition coefficient (Wildman–Crippen LogP) is 2.71. The average Bonchev–Trinajstić information content (AvgIpc) is 3.20. The normalized spacial score (nSPS) is 18.7. The fraction of sp³-hybridized carbons (Fsp3) is 0.227. The minimum atomic E-state index is -0.710. The first-order valence-electron chi connectivity index (χ1n) is 9.31. The number of likely N-dealkylation sites (tertiary alicyclic amines) is 1. The number of carbonyl (C=O) groups is 2. The Bertz CT molecular complexity index is 1120. The Balaban J connectivity index is 1.94. The quantitative estimate of drug-likeness (QED) is 0.411. The lowest BCUT2D eigenvalue weighted by atomic mass is 9.96. The molecule has 1 aliphatic heterocycles. The van der Waals surface area contributed by atoms with Crippen molar-refractivity contribution in [3.63, 3.8) is 0 Å². The van der Waals surface area contributed by atoms with Crippen LogP contribution < -0.4 is 0 Å². The Hall–Kier alpha value is -3.45. The van der Waals surface area contributed by atoms with Crippen LogP contribution in [0.25, 0.3) is 11.4 Å². The fourth-order valence-electron chi connectivity index (χ4n) is 3.81. The van der Waals surface area contributed by atoms with E-state index in [1.807, 2.05) is 48.5 Å². The molecule has 1 aromatic carbocycles. The molecule has 2 aromatic heterocycles. The summed E-state index contributed by atoms with van der Waals surface area (Å²) in [6.07, 6.45) is 1.77. The monoisotopic (exact) mass is 391 g/mol. The van der Waals surface area contributed by atoms with Gasteiger partial charge in [-0.05, 0) is 24.6 Å². The number of aliphatic hydroxyl groups is 1. The predicted molar refractivity (Wildman–Crippen MR) is 107 cm³/mol. The summed E-state index contributed by atoms with van der Waals surface area (Å²) in [5, 5.41) is 11.2. The van der Waals surface area contributed by atoms with Crippen molar-refractivity contribution in [2.45, 2.75) is 13.0 Å². The Kier molecular flexibility index (Phi) is 4.90. The van der Waals surface area contributed by atoms with Crippen molar-refractivity contribution >= 4 is 23.1 Å². The molecule has 1 amide bonds. The van der Waals surface area contributed by atoms with Crippen LogP contribution in [0.2, 0.25) is 0 Å². The number of Topliss-reactive ketones (excluding diaryl/α,β-unsaturated/α-hetero) is 1. The number of amides is 1. The number of benzene rings is 1. The molecular weight excluding hydrogens is 370 g/mol. The number of aromatic nitrogens is 2. The van der Waals surface area contributed by atoms with E-state index >= 15 is 0 Å². The van der Waals surface area contributed by atoms with Crippen LogP contribution >= 0.6 is 0 Å². The van der Waals surface area contributed by atoms with Crippen LogP contribution in [-0.2, 0) is 14.3 Å². The third-order valence-electron chi connectivity index (χ3n) is 5.12. The summed E-state index contributed by atoms with van der Waals surface area (Å²) in [4.78, 5) is 31.7. The molecular formula is C22H21N3O4. The van der Waals surface area contributed by atoms with Crippen LogP contribution in [0.4, 0.5) is 0 Å². The number of rotatable bonds is 5. The minimum Gasteiger partial charge on any atom is -0.505 e. The van der Waals surface area contributed by atoms with E-state index in [0.717, 1.165) is 5.56 Å². The Labute approximate surface area is 167 Å². The van der Waals surface area contributed by atoms with Crippen molar-refractivity contribution in [1.29, 1.82) is 0 Å². The SMILES string of the molecule is COCCN1C(=O)C(=O)C(=C(O)c2c(C)nc3ccccn23)C1c1ccccc1. The second-order valence-electron chi connectivity index (χ2n) is 6.87. The second kappa shape index (κ2) is 7.52. The molecule has 4 rings (SSSR count). The molecule has 0 saturated carbocycles. The van der Waals surface area contributed by atoms with Gasteiger partial charge in [-0.2, -0.15) is 0 Å². The van der Waals surface area contributed by atoms with E-state index in [1.165, 1.54) is 12.0 Å². The summed E-state index contributed by atoms with van der Waals surface area (Å²) in [7, 11) is 1.54. The summed E-state index contributed by atoms with van der Waals surface area (Å²) in [5.41, 5.74) is 2.44. The number of pyridine rings is 1. The zero-order valence-corrected chi connectivity index (χ0v) is 16.2. The molecule has 0 aliphatic carbocycles. The van der Waals surface area contributed by atoms with Crippen LogP contribution in [0.5, 0.6) is 0 Å². The number of ether oxygens (including phenoxy) is 1. The van der Waals surface area contributed by atoms with Gasteiger partial charge in [-0.3, -0.25) is 14.0 Å². The maximum atomic E-state index is 13.0. The van der Waals surface area contributed by atoms with Crippen LogP contribution in [-0.4, -0.2) is 51.3 Å². The first-order valence-corrected chi connectivity index (χ1v) is 9.31. The molecule has 0 bridgehead atoms. The summed E-state index contributed by atoms with van der Waals surface area (Å²) >= 11 is 0. The van der Waals surface area contributed by atoms with Gasteiger partial charge >= 0.3 is 0 Å². The van der Waals surface area contributed by atoms with Crippen LogP contribution in [0.3, 0.4) is 0 Å². The molecule has 1 fully saturated rings. The van der Waals surface area contributed by atoms with E-state index in [9.17, 15) is 14.7 Å². The van der Waals surface area contributed by atoms with E-state index in [-0.39, 0.29) is 24.5 Å². The van der Waals surface area contributed by atoms with Crippen molar-refractivity contribution in [2.75, 3.05) is 20.3 Å². The fourth-order valence-corrected chi connectivity index (χ4v) is 3.81. The smallest absolute Gasteiger partial charge is 0.295 e. The molecule has 7 nitrogen and oxygen atoms in total. The molecule has 1 unspecified atom stereocenters. The first-order chi connectivity index (χ1) is 14.0. The van der Waals surface area contributed by atoms with Crippen molar-refractivity contribution in [2.24, 2.45) is 0 Å². The zero-order valence-electron chi connectivity index (χ0n) is 16.2. The highest BCUT2D eigenvalue weighted by Crippen LogP contribution is 2.39. The highest BCUT2D eigenvalue weighted by atomic mass is 16.5. The Morgan fingerprint density at radius 3 is 2.59 bits per heavy atom. The lowest BCUT2D eigenvalue weighted by Crippen LogP contribution is -2.32. The van der Waals surface area contributed by atoms with E-state index in [2.05, 4.69) is 4.98 Å². The molecule has 29 heavy (non-hydrogen) atoms. The summed E-state index contributed by atoms with van der Waals surface area (Å²) < 4.78 is 6.84. The Morgan fingerprint density at radius 2 is 1.86 bits per heavy atom. The number of aliphatic hydroxyl groups excluding tert-OH is 1. The van der Waals surface area contributed by atoms with E-state index in [0.29, 0.717) is 17.0 Å². The van der Waals surface area contributed by atoms with Crippen molar-refractivity contribution in [1.82, 2.24) is 14.3 Å². The van der Waals surface area contributed by atoms with Crippen molar-refractivity contribution in [3.05, 3.63) is 77.3 Å². The molecule has 3 aromatic rings. The van der Waals surface area contributed by atoms with Gasteiger partial charge in [0, 0.05) is 19.9 Å². The van der Waals surface area contributed by atoms with E-state index in [4.69, 9.17) is 4.74 Å². The standard InChI is InChI=1S/C22H21N3O4/c1-14-18(24-11-7-6-10-16(24)23-14)20(26)17-19(15-8-4-3-5-9-15)25(12-13-29-2)22(28)21(17)27/h3-11,19,26H,12-13H2,1-2H3. The number of ketones is 1.